The molecule has 0 saturated carbocycles. The standard InChI is InChI=1S/C22H15N5O3.C5H11N/c1-26-16-8-7-15(11-17(16)30-22(26)28)18-19(14-5-3-13(12-23)4-6-14)25-21(29-2)27-10-9-24-20(18)27;1-6-4-2-3-5-6/h3-11H,1-2H3;2-5H2,1H3. The molecule has 9 nitrogen and oxygen atoms in total. The molecule has 0 aliphatic carbocycles. The van der Waals surface area contributed by atoms with Crippen LogP contribution in [0.25, 0.3) is 39.1 Å². The maximum atomic E-state index is 11.9. The minimum absolute atomic E-state index is 0.387. The van der Waals surface area contributed by atoms with Gasteiger partial charge in [0.2, 0.25) is 0 Å². The normalized spacial score (nSPS) is 13.5. The number of nitrogens with zero attached hydrogens (tertiary/aromatic N) is 6. The van der Waals surface area contributed by atoms with Crippen molar-refractivity contribution >= 4 is 16.7 Å². The molecule has 1 fully saturated rings. The summed E-state index contributed by atoms with van der Waals surface area (Å²) in [4.78, 5) is 23.5. The number of ether oxygens (including phenoxy) is 1. The highest BCUT2D eigenvalue weighted by Gasteiger charge is 2.20. The molecule has 0 spiro atoms. The SMILES string of the molecule is CN1CCCC1.COc1nc(-c2ccc(C#N)cc2)c(-c2ccc3c(c2)oc(=O)n3C)c2nccn12. The van der Waals surface area contributed by atoms with E-state index >= 15 is 0 Å². The molecule has 2 aromatic carbocycles. The highest BCUT2D eigenvalue weighted by atomic mass is 16.5. The Labute approximate surface area is 207 Å². The quantitative estimate of drug-likeness (QED) is 0.381. The molecule has 36 heavy (non-hydrogen) atoms. The van der Waals surface area contributed by atoms with Crippen molar-refractivity contribution in [2.75, 3.05) is 27.2 Å². The van der Waals surface area contributed by atoms with Crippen molar-refractivity contribution < 1.29 is 9.15 Å². The Bertz CT molecular complexity index is 1630. The molecular formula is C27H26N6O3. The van der Waals surface area contributed by atoms with Crippen LogP contribution in [-0.4, -0.2) is 51.1 Å². The van der Waals surface area contributed by atoms with E-state index in [1.165, 1.54) is 30.5 Å². The van der Waals surface area contributed by atoms with Gasteiger partial charge in [0.05, 0.1) is 35.5 Å². The number of imidazole rings is 1. The van der Waals surface area contributed by atoms with Gasteiger partial charge < -0.3 is 14.1 Å². The van der Waals surface area contributed by atoms with Crippen molar-refractivity contribution in [3.63, 3.8) is 0 Å². The van der Waals surface area contributed by atoms with Gasteiger partial charge in [0, 0.05) is 25.0 Å². The number of rotatable bonds is 3. The number of hydrogen-bond donors (Lipinski definition) is 0. The molecule has 0 N–H and O–H groups in total. The zero-order valence-electron chi connectivity index (χ0n) is 20.4. The minimum Gasteiger partial charge on any atom is -0.468 e. The Kier molecular flexibility index (Phi) is 6.27. The summed E-state index contributed by atoms with van der Waals surface area (Å²) < 4.78 is 14.1. The summed E-state index contributed by atoms with van der Waals surface area (Å²) in [5, 5.41) is 9.12. The third-order valence-corrected chi connectivity index (χ3v) is 6.40. The van der Waals surface area contributed by atoms with Crippen LogP contribution >= 0.6 is 0 Å². The van der Waals surface area contributed by atoms with Gasteiger partial charge in [0.1, 0.15) is 0 Å². The lowest BCUT2D eigenvalue weighted by Gasteiger charge is -2.14. The number of methoxy groups -OCH3 is 1. The maximum absolute atomic E-state index is 11.9. The Balaban J connectivity index is 0.000000391. The lowest BCUT2D eigenvalue weighted by atomic mass is 9.99. The van der Waals surface area contributed by atoms with Crippen LogP contribution in [0.4, 0.5) is 0 Å². The molecule has 4 heterocycles. The van der Waals surface area contributed by atoms with Crippen LogP contribution in [0.2, 0.25) is 0 Å². The number of aryl methyl sites for hydroxylation is 1. The number of aromatic nitrogens is 4. The van der Waals surface area contributed by atoms with Crippen LogP contribution in [0, 0.1) is 11.3 Å². The first kappa shape index (κ1) is 23.3. The van der Waals surface area contributed by atoms with Crippen molar-refractivity contribution in [2.24, 2.45) is 7.05 Å². The second kappa shape index (κ2) is 9.68. The van der Waals surface area contributed by atoms with E-state index in [1.807, 2.05) is 30.3 Å². The fourth-order valence-corrected chi connectivity index (χ4v) is 4.44. The fraction of sp³-hybridized carbons (Fsp3) is 0.259. The van der Waals surface area contributed by atoms with Crippen molar-refractivity contribution in [1.29, 1.82) is 5.26 Å². The minimum atomic E-state index is -0.423. The van der Waals surface area contributed by atoms with Gasteiger partial charge in [0.15, 0.2) is 11.2 Å². The molecule has 1 aliphatic heterocycles. The highest BCUT2D eigenvalue weighted by Crippen LogP contribution is 2.37. The summed E-state index contributed by atoms with van der Waals surface area (Å²) in [6.07, 6.45) is 6.27. The second-order valence-corrected chi connectivity index (χ2v) is 8.75. The van der Waals surface area contributed by atoms with Crippen LogP contribution in [0.15, 0.2) is 64.1 Å². The first-order valence-corrected chi connectivity index (χ1v) is 11.7. The summed E-state index contributed by atoms with van der Waals surface area (Å²) in [6, 6.07) is 15.2. The van der Waals surface area contributed by atoms with Crippen LogP contribution < -0.4 is 10.5 Å². The highest BCUT2D eigenvalue weighted by molar-refractivity contribution is 5.93. The van der Waals surface area contributed by atoms with Crippen LogP contribution in [0.1, 0.15) is 18.4 Å². The lowest BCUT2D eigenvalue weighted by Crippen LogP contribution is -2.10. The average Bonchev–Trinajstić information content (AvgIpc) is 3.65. The topological polar surface area (TPSA) is 102 Å². The molecular weight excluding hydrogens is 456 g/mol. The molecule has 6 rings (SSSR count). The van der Waals surface area contributed by atoms with Gasteiger partial charge in [0.25, 0.3) is 0 Å². The Hall–Kier alpha value is -4.42. The van der Waals surface area contributed by atoms with Crippen molar-refractivity contribution in [3.8, 4) is 34.5 Å². The Morgan fingerprint density at radius 2 is 1.78 bits per heavy atom. The maximum Gasteiger partial charge on any atom is 0.419 e. The molecule has 0 amide bonds. The van der Waals surface area contributed by atoms with Gasteiger partial charge in [-0.1, -0.05) is 18.2 Å². The fourth-order valence-electron chi connectivity index (χ4n) is 4.44. The first-order chi connectivity index (χ1) is 17.5. The van der Waals surface area contributed by atoms with Crippen LogP contribution in [0.5, 0.6) is 6.01 Å². The van der Waals surface area contributed by atoms with E-state index in [0.717, 1.165) is 16.7 Å². The van der Waals surface area contributed by atoms with Crippen molar-refractivity contribution in [3.05, 3.63) is 71.0 Å². The smallest absolute Gasteiger partial charge is 0.419 e. The van der Waals surface area contributed by atoms with E-state index in [9.17, 15) is 4.79 Å². The summed E-state index contributed by atoms with van der Waals surface area (Å²) in [6.45, 7) is 2.64. The van der Waals surface area contributed by atoms with Gasteiger partial charge in [-0.15, -0.1) is 0 Å². The van der Waals surface area contributed by atoms with Crippen LogP contribution in [0.3, 0.4) is 0 Å². The van der Waals surface area contributed by atoms with Gasteiger partial charge in [-0.3, -0.25) is 8.97 Å². The summed E-state index contributed by atoms with van der Waals surface area (Å²) in [7, 11) is 5.39. The number of fused-ring (bicyclic) bond motifs is 2. The number of hydrogen-bond acceptors (Lipinski definition) is 7. The number of oxazole rings is 1. The van der Waals surface area contributed by atoms with Gasteiger partial charge in [-0.25, -0.2) is 9.78 Å². The molecule has 0 bridgehead atoms. The predicted octanol–water partition coefficient (Wildman–Crippen LogP) is 4.10. The van der Waals surface area contributed by atoms with Crippen molar-refractivity contribution in [1.82, 2.24) is 23.8 Å². The number of nitriles is 1. The van der Waals surface area contributed by atoms with E-state index in [4.69, 9.17) is 19.4 Å². The molecule has 0 atom stereocenters. The summed E-state index contributed by atoms with van der Waals surface area (Å²) in [5.41, 5.74) is 5.40. The predicted molar refractivity (Wildman–Crippen MR) is 137 cm³/mol. The molecule has 0 unspecified atom stereocenters. The van der Waals surface area contributed by atoms with Crippen LogP contribution in [-0.2, 0) is 7.05 Å². The molecule has 9 heteroatoms. The van der Waals surface area contributed by atoms with Gasteiger partial charge in [-0.2, -0.15) is 10.2 Å². The van der Waals surface area contributed by atoms with E-state index in [1.54, 1.807) is 43.1 Å². The summed E-state index contributed by atoms with van der Waals surface area (Å²) in [5.74, 6) is -0.423. The Morgan fingerprint density at radius 1 is 1.06 bits per heavy atom. The van der Waals surface area contributed by atoms with E-state index in [-0.39, 0.29) is 0 Å². The summed E-state index contributed by atoms with van der Waals surface area (Å²) >= 11 is 0. The molecule has 1 saturated heterocycles. The Morgan fingerprint density at radius 3 is 2.42 bits per heavy atom. The van der Waals surface area contributed by atoms with E-state index in [0.29, 0.717) is 34.0 Å². The third kappa shape index (κ3) is 4.23. The monoisotopic (exact) mass is 482 g/mol. The lowest BCUT2D eigenvalue weighted by molar-refractivity contribution is 0.375. The van der Waals surface area contributed by atoms with Gasteiger partial charge in [-0.05, 0) is 62.8 Å². The number of benzene rings is 2. The van der Waals surface area contributed by atoms with Gasteiger partial charge >= 0.3 is 11.8 Å². The first-order valence-electron chi connectivity index (χ1n) is 11.7. The average molecular weight is 483 g/mol. The van der Waals surface area contributed by atoms with E-state index < -0.39 is 5.76 Å². The molecule has 1 aliphatic rings. The molecule has 0 radical (unpaired) electrons. The number of likely N-dealkylation sites (tertiary alicyclic amines) is 1. The third-order valence-electron chi connectivity index (χ3n) is 6.40. The van der Waals surface area contributed by atoms with Crippen molar-refractivity contribution in [2.45, 2.75) is 12.8 Å². The molecule has 5 aromatic rings. The molecule has 3 aromatic heterocycles. The largest absolute Gasteiger partial charge is 0.468 e. The van der Waals surface area contributed by atoms with E-state index in [2.05, 4.69) is 23.0 Å². The zero-order valence-corrected chi connectivity index (χ0v) is 20.4. The second-order valence-electron chi connectivity index (χ2n) is 8.75. The zero-order chi connectivity index (χ0) is 25.2. The molecule has 182 valence electrons.